The summed E-state index contributed by atoms with van der Waals surface area (Å²) in [4.78, 5) is 20.4. The van der Waals surface area contributed by atoms with Gasteiger partial charge in [-0.3, -0.25) is 0 Å². The lowest BCUT2D eigenvalue weighted by atomic mass is 9.60. The van der Waals surface area contributed by atoms with Crippen LogP contribution >= 0.6 is 0 Å². The summed E-state index contributed by atoms with van der Waals surface area (Å²) in [5.41, 5.74) is 2.21. The van der Waals surface area contributed by atoms with Gasteiger partial charge in [-0.1, -0.05) is 0 Å². The van der Waals surface area contributed by atoms with Gasteiger partial charge in [0.05, 0.1) is 11.4 Å². The van der Waals surface area contributed by atoms with E-state index in [0.717, 1.165) is 37.3 Å². The number of anilines is 1. The lowest BCUT2D eigenvalue weighted by Crippen LogP contribution is -2.67. The molecule has 0 radical (unpaired) electrons. The summed E-state index contributed by atoms with van der Waals surface area (Å²) in [6.07, 6.45) is 1.94. The van der Waals surface area contributed by atoms with Crippen LogP contribution in [-0.2, 0) is 4.74 Å². The number of amides is 1. The number of likely N-dealkylation sites (tertiary alicyclic amines) is 1. The Morgan fingerprint density at radius 3 is 2.56 bits per heavy atom. The molecule has 1 aromatic heterocycles. The van der Waals surface area contributed by atoms with E-state index in [4.69, 9.17) is 10.00 Å². The van der Waals surface area contributed by atoms with E-state index in [1.165, 1.54) is 0 Å². The van der Waals surface area contributed by atoms with E-state index < -0.39 is 5.60 Å². The van der Waals surface area contributed by atoms with Crippen molar-refractivity contribution in [2.75, 3.05) is 25.0 Å². The predicted molar refractivity (Wildman–Crippen MR) is 95.4 cm³/mol. The number of rotatable bonds is 2. The molecule has 3 rings (SSSR count). The van der Waals surface area contributed by atoms with Gasteiger partial charge in [0, 0.05) is 31.6 Å². The third kappa shape index (κ3) is 3.41. The van der Waals surface area contributed by atoms with E-state index in [1.54, 1.807) is 11.0 Å². The molecule has 1 saturated carbocycles. The lowest BCUT2D eigenvalue weighted by molar-refractivity contribution is -0.0774. The summed E-state index contributed by atoms with van der Waals surface area (Å²) in [7, 11) is 2.08. The van der Waals surface area contributed by atoms with Crippen LogP contribution in [0.1, 0.15) is 45.0 Å². The van der Waals surface area contributed by atoms with E-state index in [2.05, 4.69) is 23.0 Å². The van der Waals surface area contributed by atoms with Crippen LogP contribution in [0.25, 0.3) is 0 Å². The summed E-state index contributed by atoms with van der Waals surface area (Å²) in [5, 5.41) is 8.94. The van der Waals surface area contributed by atoms with Gasteiger partial charge in [-0.15, -0.1) is 0 Å². The SMILES string of the molecule is Cc1nc(C#N)ccc1N(C)C1CC2(C1)CN(C(=O)OC(C)(C)C)C2. The van der Waals surface area contributed by atoms with Crippen LogP contribution < -0.4 is 4.90 Å². The minimum absolute atomic E-state index is 0.206. The van der Waals surface area contributed by atoms with Crippen LogP contribution in [0.3, 0.4) is 0 Å². The second-order valence-corrected chi connectivity index (χ2v) is 8.42. The van der Waals surface area contributed by atoms with Gasteiger partial charge in [0.25, 0.3) is 0 Å². The Balaban J connectivity index is 1.54. The van der Waals surface area contributed by atoms with Gasteiger partial charge in [-0.25, -0.2) is 9.78 Å². The van der Waals surface area contributed by atoms with Crippen LogP contribution in [0.2, 0.25) is 0 Å². The third-order valence-corrected chi connectivity index (χ3v) is 5.14. The standard InChI is InChI=1S/C19H26N4O2/c1-13-16(7-6-14(10-20)21-13)22(5)15-8-19(9-15)11-23(12-19)17(24)25-18(2,3)4/h6-7,15H,8-9,11-12H2,1-5H3. The molecule has 1 amide bonds. The lowest BCUT2D eigenvalue weighted by Gasteiger charge is -2.60. The smallest absolute Gasteiger partial charge is 0.410 e. The fourth-order valence-corrected chi connectivity index (χ4v) is 3.88. The Kier molecular flexibility index (Phi) is 4.14. The van der Waals surface area contributed by atoms with Gasteiger partial charge in [-0.05, 0) is 52.7 Å². The third-order valence-electron chi connectivity index (χ3n) is 5.14. The fraction of sp³-hybridized carbons (Fsp3) is 0.632. The zero-order chi connectivity index (χ0) is 18.4. The molecule has 0 atom stereocenters. The maximum Gasteiger partial charge on any atom is 0.410 e. The molecule has 25 heavy (non-hydrogen) atoms. The Morgan fingerprint density at radius 2 is 2.04 bits per heavy atom. The molecule has 134 valence electrons. The average Bonchev–Trinajstić information content (AvgIpc) is 2.41. The Labute approximate surface area is 149 Å². The number of hydrogen-bond acceptors (Lipinski definition) is 5. The molecule has 0 unspecified atom stereocenters. The number of aromatic nitrogens is 1. The van der Waals surface area contributed by atoms with Crippen LogP contribution in [-0.4, -0.2) is 47.8 Å². The molecule has 1 spiro atoms. The van der Waals surface area contributed by atoms with Crippen molar-refractivity contribution in [3.63, 3.8) is 0 Å². The second-order valence-electron chi connectivity index (χ2n) is 8.42. The Bertz CT molecular complexity index is 718. The number of nitrogens with zero attached hydrogens (tertiary/aromatic N) is 4. The molecule has 0 bridgehead atoms. The average molecular weight is 342 g/mol. The highest BCUT2D eigenvalue weighted by Gasteiger charge is 2.55. The first kappa shape index (κ1) is 17.5. The van der Waals surface area contributed by atoms with Crippen molar-refractivity contribution in [2.45, 2.75) is 52.2 Å². The van der Waals surface area contributed by atoms with Crippen molar-refractivity contribution >= 4 is 11.8 Å². The van der Waals surface area contributed by atoms with Gasteiger partial charge in [0.15, 0.2) is 0 Å². The van der Waals surface area contributed by atoms with Crippen molar-refractivity contribution in [2.24, 2.45) is 5.41 Å². The van der Waals surface area contributed by atoms with Crippen molar-refractivity contribution < 1.29 is 9.53 Å². The van der Waals surface area contributed by atoms with E-state index in [1.807, 2.05) is 33.8 Å². The molecular weight excluding hydrogens is 316 g/mol. The molecule has 1 saturated heterocycles. The number of aryl methyl sites for hydroxylation is 1. The van der Waals surface area contributed by atoms with E-state index in [0.29, 0.717) is 11.7 Å². The molecule has 0 N–H and O–H groups in total. The maximum atomic E-state index is 12.1. The van der Waals surface area contributed by atoms with Crippen LogP contribution in [0, 0.1) is 23.7 Å². The van der Waals surface area contributed by atoms with Gasteiger partial charge in [0.2, 0.25) is 0 Å². The molecule has 2 fully saturated rings. The van der Waals surface area contributed by atoms with Crippen LogP contribution in [0.15, 0.2) is 12.1 Å². The molecule has 6 heteroatoms. The molecule has 2 heterocycles. The first-order chi connectivity index (χ1) is 11.6. The molecule has 6 nitrogen and oxygen atoms in total. The predicted octanol–water partition coefficient (Wildman–Crippen LogP) is 3.10. The summed E-state index contributed by atoms with van der Waals surface area (Å²) < 4.78 is 5.43. The van der Waals surface area contributed by atoms with Crippen molar-refractivity contribution in [1.82, 2.24) is 9.88 Å². The number of hydrogen-bond donors (Lipinski definition) is 0. The zero-order valence-electron chi connectivity index (χ0n) is 15.7. The summed E-state index contributed by atoms with van der Waals surface area (Å²) in [6.45, 7) is 9.19. The number of carbonyl (C=O) groups is 1. The first-order valence-corrected chi connectivity index (χ1v) is 8.71. The van der Waals surface area contributed by atoms with Gasteiger partial charge >= 0.3 is 6.09 Å². The topological polar surface area (TPSA) is 69.5 Å². The first-order valence-electron chi connectivity index (χ1n) is 8.71. The highest BCUT2D eigenvalue weighted by atomic mass is 16.6. The monoisotopic (exact) mass is 342 g/mol. The molecule has 1 aliphatic heterocycles. The van der Waals surface area contributed by atoms with E-state index >= 15 is 0 Å². The number of pyridine rings is 1. The molecule has 0 aromatic carbocycles. The highest BCUT2D eigenvalue weighted by Crippen LogP contribution is 2.51. The quantitative estimate of drug-likeness (QED) is 0.826. The zero-order valence-corrected chi connectivity index (χ0v) is 15.7. The van der Waals surface area contributed by atoms with E-state index in [-0.39, 0.29) is 11.5 Å². The van der Waals surface area contributed by atoms with E-state index in [9.17, 15) is 4.79 Å². The normalized spacial score (nSPS) is 19.0. The summed E-state index contributed by atoms with van der Waals surface area (Å²) in [6, 6.07) is 6.26. The van der Waals surface area contributed by atoms with Crippen LogP contribution in [0.4, 0.5) is 10.5 Å². The van der Waals surface area contributed by atoms with Crippen molar-refractivity contribution in [3.8, 4) is 6.07 Å². The summed E-state index contributed by atoms with van der Waals surface area (Å²) in [5.74, 6) is 0. The van der Waals surface area contributed by atoms with Gasteiger partial charge < -0.3 is 14.5 Å². The van der Waals surface area contributed by atoms with Gasteiger partial charge in [-0.2, -0.15) is 5.26 Å². The minimum atomic E-state index is -0.442. The minimum Gasteiger partial charge on any atom is -0.444 e. The highest BCUT2D eigenvalue weighted by molar-refractivity contribution is 5.69. The molecule has 1 aromatic rings. The molecular formula is C19H26N4O2. The maximum absolute atomic E-state index is 12.1. The second kappa shape index (κ2) is 5.91. The molecule has 2 aliphatic rings. The Morgan fingerprint density at radius 1 is 1.40 bits per heavy atom. The fourth-order valence-electron chi connectivity index (χ4n) is 3.88. The summed E-state index contributed by atoms with van der Waals surface area (Å²) >= 11 is 0. The van der Waals surface area contributed by atoms with Gasteiger partial charge in [0.1, 0.15) is 17.4 Å². The van der Waals surface area contributed by atoms with Crippen molar-refractivity contribution in [3.05, 3.63) is 23.5 Å². The largest absolute Gasteiger partial charge is 0.444 e. The number of ether oxygens (including phenoxy) is 1. The number of nitriles is 1. The van der Waals surface area contributed by atoms with Crippen molar-refractivity contribution in [1.29, 1.82) is 5.26 Å². The van der Waals surface area contributed by atoms with Crippen LogP contribution in [0.5, 0.6) is 0 Å². The molecule has 1 aliphatic carbocycles. The number of carbonyl (C=O) groups excluding carboxylic acids is 1. The Hall–Kier alpha value is -2.29.